The van der Waals surface area contributed by atoms with Crippen LogP contribution in [-0.2, 0) is 10.0 Å². The molecule has 0 aromatic rings. The van der Waals surface area contributed by atoms with Gasteiger partial charge in [0.15, 0.2) is 5.96 Å². The summed E-state index contributed by atoms with van der Waals surface area (Å²) in [7, 11) is -3.20. The summed E-state index contributed by atoms with van der Waals surface area (Å²) in [6.07, 6.45) is 1.65. The van der Waals surface area contributed by atoms with Crippen LogP contribution >= 0.6 is 24.0 Å². The number of nitrogens with zero attached hydrogens (tertiary/aromatic N) is 3. The third-order valence-electron chi connectivity index (χ3n) is 4.84. The Morgan fingerprint density at radius 1 is 1.29 bits per heavy atom. The van der Waals surface area contributed by atoms with E-state index in [1.807, 2.05) is 14.0 Å². The van der Waals surface area contributed by atoms with E-state index in [9.17, 15) is 21.6 Å². The second kappa shape index (κ2) is 12.4. The SMILES string of the molecule is CCNC(=NCCN(C)C(C)CC)NC1CCN(S(=O)(=O)C(F)(F)F)CC1.I. The van der Waals surface area contributed by atoms with Gasteiger partial charge in [-0.15, -0.1) is 24.0 Å². The van der Waals surface area contributed by atoms with Gasteiger partial charge in [-0.3, -0.25) is 4.99 Å². The molecule has 1 atom stereocenters. The molecule has 0 aliphatic carbocycles. The maximum Gasteiger partial charge on any atom is 0.511 e. The summed E-state index contributed by atoms with van der Waals surface area (Å²) in [5, 5.41) is 6.32. The zero-order valence-electron chi connectivity index (χ0n) is 16.9. The fraction of sp³-hybridized carbons (Fsp3) is 0.938. The van der Waals surface area contributed by atoms with E-state index >= 15 is 0 Å². The van der Waals surface area contributed by atoms with Gasteiger partial charge in [-0.2, -0.15) is 17.5 Å². The van der Waals surface area contributed by atoms with Crippen LogP contribution in [0.5, 0.6) is 0 Å². The van der Waals surface area contributed by atoms with Crippen molar-refractivity contribution < 1.29 is 21.6 Å². The molecule has 28 heavy (non-hydrogen) atoms. The summed E-state index contributed by atoms with van der Waals surface area (Å²) in [5.41, 5.74) is -5.24. The van der Waals surface area contributed by atoms with E-state index in [4.69, 9.17) is 0 Å². The first-order valence-corrected chi connectivity index (χ1v) is 10.8. The standard InChI is InChI=1S/C16H32F3N5O2S.HI/c1-5-13(3)23(4)12-9-21-15(20-6-2)22-14-7-10-24(11-8-14)27(25,26)16(17,18)19;/h13-14H,5-12H2,1-4H3,(H2,20,21,22);1H. The number of hydrogen-bond donors (Lipinski definition) is 2. The Hall–Kier alpha value is -0.340. The normalized spacial score (nSPS) is 18.6. The number of sulfonamides is 1. The quantitative estimate of drug-likeness (QED) is 0.279. The number of guanidine groups is 1. The second-order valence-electron chi connectivity index (χ2n) is 6.77. The number of rotatable bonds is 8. The maximum absolute atomic E-state index is 12.6. The number of halogens is 4. The van der Waals surface area contributed by atoms with Gasteiger partial charge >= 0.3 is 15.5 Å². The lowest BCUT2D eigenvalue weighted by molar-refractivity contribution is -0.0494. The predicted molar refractivity (Wildman–Crippen MR) is 116 cm³/mol. The first-order valence-electron chi connectivity index (χ1n) is 9.34. The predicted octanol–water partition coefficient (Wildman–Crippen LogP) is 2.20. The van der Waals surface area contributed by atoms with E-state index in [0.717, 1.165) is 13.0 Å². The maximum atomic E-state index is 12.6. The minimum absolute atomic E-state index is 0. The van der Waals surface area contributed by atoms with Crippen LogP contribution in [-0.4, -0.2) is 80.9 Å². The molecule has 1 saturated heterocycles. The molecule has 1 heterocycles. The van der Waals surface area contributed by atoms with E-state index in [1.54, 1.807) is 0 Å². The largest absolute Gasteiger partial charge is 0.511 e. The van der Waals surface area contributed by atoms with Crippen molar-refractivity contribution in [3.8, 4) is 0 Å². The molecule has 12 heteroatoms. The molecular formula is C16H33F3IN5O2S. The average molecular weight is 543 g/mol. The van der Waals surface area contributed by atoms with Crippen molar-refractivity contribution in [2.24, 2.45) is 4.99 Å². The number of hydrogen-bond acceptors (Lipinski definition) is 4. The highest BCUT2D eigenvalue weighted by Gasteiger charge is 2.50. The molecular weight excluding hydrogens is 510 g/mol. The minimum atomic E-state index is -5.24. The lowest BCUT2D eigenvalue weighted by atomic mass is 10.1. The van der Waals surface area contributed by atoms with E-state index in [-0.39, 0.29) is 43.1 Å². The summed E-state index contributed by atoms with van der Waals surface area (Å²) in [6.45, 7) is 7.95. The number of piperidine rings is 1. The molecule has 0 aromatic heterocycles. The number of likely N-dealkylation sites (N-methyl/N-ethyl adjacent to an activating group) is 1. The Bertz CT molecular complexity index is 581. The Morgan fingerprint density at radius 3 is 2.32 bits per heavy atom. The molecule has 0 spiro atoms. The number of alkyl halides is 3. The topological polar surface area (TPSA) is 77.0 Å². The molecule has 1 fully saturated rings. The lowest BCUT2D eigenvalue weighted by Crippen LogP contribution is -2.51. The van der Waals surface area contributed by atoms with Crippen molar-refractivity contribution >= 4 is 40.0 Å². The molecule has 2 N–H and O–H groups in total. The second-order valence-corrected chi connectivity index (χ2v) is 8.70. The summed E-state index contributed by atoms with van der Waals surface area (Å²) >= 11 is 0. The van der Waals surface area contributed by atoms with Crippen LogP contribution in [0.15, 0.2) is 4.99 Å². The third-order valence-corrected chi connectivity index (χ3v) is 6.47. The molecule has 0 aromatic carbocycles. The van der Waals surface area contributed by atoms with Crippen molar-refractivity contribution in [1.82, 2.24) is 19.8 Å². The first-order chi connectivity index (χ1) is 12.5. The molecule has 1 aliphatic heterocycles. The summed E-state index contributed by atoms with van der Waals surface area (Å²) in [4.78, 5) is 6.73. The van der Waals surface area contributed by atoms with Gasteiger partial charge in [-0.05, 0) is 40.2 Å². The highest BCUT2D eigenvalue weighted by atomic mass is 127. The Labute approximate surface area is 183 Å². The summed E-state index contributed by atoms with van der Waals surface area (Å²) in [5.74, 6) is 0.604. The van der Waals surface area contributed by atoms with Crippen LogP contribution in [0.1, 0.15) is 40.0 Å². The van der Waals surface area contributed by atoms with Crippen LogP contribution < -0.4 is 10.6 Å². The lowest BCUT2D eigenvalue weighted by Gasteiger charge is -2.32. The summed E-state index contributed by atoms with van der Waals surface area (Å²) in [6, 6.07) is 0.352. The Balaban J connectivity index is 0.00000729. The van der Waals surface area contributed by atoms with Gasteiger partial charge in [-0.1, -0.05) is 6.92 Å². The molecule has 0 bridgehead atoms. The summed E-state index contributed by atoms with van der Waals surface area (Å²) < 4.78 is 61.3. The van der Waals surface area contributed by atoms with Crippen LogP contribution in [0, 0.1) is 0 Å². The van der Waals surface area contributed by atoms with Crippen molar-refractivity contribution in [2.45, 2.75) is 57.6 Å². The van der Waals surface area contributed by atoms with Gasteiger partial charge in [-0.25, -0.2) is 8.42 Å². The average Bonchev–Trinajstić information content (AvgIpc) is 2.60. The Kier molecular flexibility index (Phi) is 12.2. The van der Waals surface area contributed by atoms with Gasteiger partial charge in [0.2, 0.25) is 0 Å². The highest BCUT2D eigenvalue weighted by molar-refractivity contribution is 14.0. The fourth-order valence-corrected chi connectivity index (χ4v) is 3.74. The highest BCUT2D eigenvalue weighted by Crippen LogP contribution is 2.28. The van der Waals surface area contributed by atoms with E-state index in [0.29, 0.717) is 42.2 Å². The molecule has 0 radical (unpaired) electrons. The van der Waals surface area contributed by atoms with Gasteiger partial charge in [0.1, 0.15) is 0 Å². The van der Waals surface area contributed by atoms with E-state index in [1.165, 1.54) is 0 Å². The minimum Gasteiger partial charge on any atom is -0.357 e. The van der Waals surface area contributed by atoms with Crippen LogP contribution in [0.4, 0.5) is 13.2 Å². The third kappa shape index (κ3) is 8.19. The van der Waals surface area contributed by atoms with Crippen molar-refractivity contribution in [3.63, 3.8) is 0 Å². The van der Waals surface area contributed by atoms with Crippen LogP contribution in [0.3, 0.4) is 0 Å². The Morgan fingerprint density at radius 2 is 1.86 bits per heavy atom. The van der Waals surface area contributed by atoms with Crippen LogP contribution in [0.2, 0.25) is 0 Å². The molecule has 1 aliphatic rings. The zero-order valence-corrected chi connectivity index (χ0v) is 20.1. The number of nitrogens with one attached hydrogen (secondary N) is 2. The molecule has 168 valence electrons. The fourth-order valence-electron chi connectivity index (χ4n) is 2.75. The number of aliphatic imine (C=N–C) groups is 1. The van der Waals surface area contributed by atoms with E-state index in [2.05, 4.69) is 34.4 Å². The van der Waals surface area contributed by atoms with Gasteiger partial charge in [0.05, 0.1) is 6.54 Å². The van der Waals surface area contributed by atoms with Crippen LogP contribution in [0.25, 0.3) is 0 Å². The van der Waals surface area contributed by atoms with Crippen molar-refractivity contribution in [3.05, 3.63) is 0 Å². The van der Waals surface area contributed by atoms with Crippen molar-refractivity contribution in [2.75, 3.05) is 39.8 Å². The molecule has 0 saturated carbocycles. The molecule has 1 unspecified atom stereocenters. The van der Waals surface area contributed by atoms with Gasteiger partial charge in [0.25, 0.3) is 0 Å². The molecule has 0 amide bonds. The smallest absolute Gasteiger partial charge is 0.357 e. The van der Waals surface area contributed by atoms with Gasteiger partial charge < -0.3 is 15.5 Å². The molecule has 1 rings (SSSR count). The first kappa shape index (κ1) is 27.7. The van der Waals surface area contributed by atoms with Crippen molar-refractivity contribution in [1.29, 1.82) is 0 Å². The van der Waals surface area contributed by atoms with E-state index < -0.39 is 15.5 Å². The molecule has 7 nitrogen and oxygen atoms in total. The van der Waals surface area contributed by atoms with Gasteiger partial charge in [0, 0.05) is 38.3 Å². The monoisotopic (exact) mass is 543 g/mol. The zero-order chi connectivity index (χ0) is 20.7.